The predicted molar refractivity (Wildman–Crippen MR) is 93.5 cm³/mol. The van der Waals surface area contributed by atoms with Gasteiger partial charge >= 0.3 is 0 Å². The van der Waals surface area contributed by atoms with Gasteiger partial charge in [0.05, 0.1) is 10.6 Å². The zero-order valence-corrected chi connectivity index (χ0v) is 14.7. The number of benzene rings is 2. The highest BCUT2D eigenvalue weighted by Crippen LogP contribution is 2.25. The lowest BCUT2D eigenvalue weighted by Crippen LogP contribution is -2.43. The third-order valence-corrected chi connectivity index (χ3v) is 4.14. The Balaban J connectivity index is 1.86. The van der Waals surface area contributed by atoms with Crippen molar-refractivity contribution in [1.82, 2.24) is 10.9 Å². The number of aryl methyl sites for hydroxylation is 2. The summed E-state index contributed by atoms with van der Waals surface area (Å²) < 4.78 is 5.40. The molecule has 24 heavy (non-hydrogen) atoms. The molecule has 0 saturated carbocycles. The number of halogens is 2. The highest BCUT2D eigenvalue weighted by Gasteiger charge is 2.11. The number of ether oxygens (including phenoxy) is 1. The van der Waals surface area contributed by atoms with Crippen LogP contribution in [0.2, 0.25) is 10.0 Å². The largest absolute Gasteiger partial charge is 0.484 e. The molecule has 0 bridgehead atoms. The minimum absolute atomic E-state index is 0.247. The van der Waals surface area contributed by atoms with E-state index in [4.69, 9.17) is 27.9 Å². The molecule has 7 heteroatoms. The molecule has 0 spiro atoms. The van der Waals surface area contributed by atoms with Gasteiger partial charge in [0.15, 0.2) is 6.61 Å². The number of hydrogen-bond acceptors (Lipinski definition) is 3. The van der Waals surface area contributed by atoms with Gasteiger partial charge in [-0.1, -0.05) is 35.3 Å². The van der Waals surface area contributed by atoms with Crippen LogP contribution >= 0.6 is 23.2 Å². The van der Waals surface area contributed by atoms with Crippen LogP contribution in [-0.2, 0) is 4.79 Å². The third kappa shape index (κ3) is 4.63. The summed E-state index contributed by atoms with van der Waals surface area (Å²) in [7, 11) is 0. The van der Waals surface area contributed by atoms with Gasteiger partial charge in [-0.2, -0.15) is 0 Å². The number of carbonyl (C=O) groups is 2. The Morgan fingerprint density at radius 2 is 1.67 bits per heavy atom. The lowest BCUT2D eigenvalue weighted by atomic mass is 10.1. The number of hydrazine groups is 1. The molecule has 2 N–H and O–H groups in total. The van der Waals surface area contributed by atoms with E-state index >= 15 is 0 Å². The van der Waals surface area contributed by atoms with E-state index < -0.39 is 11.8 Å². The average molecular weight is 367 g/mol. The summed E-state index contributed by atoms with van der Waals surface area (Å²) in [6.07, 6.45) is 0. The van der Waals surface area contributed by atoms with Gasteiger partial charge in [0.25, 0.3) is 11.8 Å². The second-order valence-electron chi connectivity index (χ2n) is 5.14. The normalized spacial score (nSPS) is 10.2. The number of carbonyl (C=O) groups excluding carboxylic acids is 2. The molecule has 0 atom stereocenters. The van der Waals surface area contributed by atoms with E-state index in [1.54, 1.807) is 36.4 Å². The van der Waals surface area contributed by atoms with Gasteiger partial charge < -0.3 is 4.74 Å². The first-order chi connectivity index (χ1) is 11.4. The standard InChI is InChI=1S/C17H16Cl2N2O3/c1-10-7-12(8-11(2)16(10)19)24-9-15(22)20-21-17(23)13-5-3-4-6-14(13)18/h3-8H,9H2,1-2H3,(H,20,22)(H,21,23). The minimum atomic E-state index is -0.507. The Labute approximate surface area is 149 Å². The van der Waals surface area contributed by atoms with Crippen molar-refractivity contribution in [3.8, 4) is 5.75 Å². The van der Waals surface area contributed by atoms with Crippen LogP contribution in [-0.4, -0.2) is 18.4 Å². The summed E-state index contributed by atoms with van der Waals surface area (Å²) in [4.78, 5) is 23.7. The third-order valence-electron chi connectivity index (χ3n) is 3.21. The van der Waals surface area contributed by atoms with Crippen molar-refractivity contribution < 1.29 is 14.3 Å². The first kappa shape index (κ1) is 18.1. The van der Waals surface area contributed by atoms with E-state index in [2.05, 4.69) is 10.9 Å². The molecule has 5 nitrogen and oxygen atoms in total. The molecule has 0 saturated heterocycles. The van der Waals surface area contributed by atoms with Crippen LogP contribution in [0.5, 0.6) is 5.75 Å². The van der Waals surface area contributed by atoms with E-state index in [1.165, 1.54) is 0 Å². The van der Waals surface area contributed by atoms with Crippen molar-refractivity contribution in [3.63, 3.8) is 0 Å². The van der Waals surface area contributed by atoms with E-state index in [9.17, 15) is 9.59 Å². The summed E-state index contributed by atoms with van der Waals surface area (Å²) in [6.45, 7) is 3.46. The quantitative estimate of drug-likeness (QED) is 0.814. The Morgan fingerprint density at radius 3 is 2.29 bits per heavy atom. The highest BCUT2D eigenvalue weighted by atomic mass is 35.5. The van der Waals surface area contributed by atoms with Crippen LogP contribution in [0.3, 0.4) is 0 Å². The Kier molecular flexibility index (Phi) is 6.06. The van der Waals surface area contributed by atoms with Crippen LogP contribution in [0, 0.1) is 13.8 Å². The van der Waals surface area contributed by atoms with E-state index in [0.717, 1.165) is 11.1 Å². The molecular weight excluding hydrogens is 351 g/mol. The van der Waals surface area contributed by atoms with Crippen LogP contribution in [0.1, 0.15) is 21.5 Å². The number of hydrogen-bond donors (Lipinski definition) is 2. The topological polar surface area (TPSA) is 67.4 Å². The van der Waals surface area contributed by atoms with Gasteiger partial charge in [0.2, 0.25) is 0 Å². The molecule has 2 aromatic rings. The molecule has 2 amide bonds. The molecule has 2 rings (SSSR count). The lowest BCUT2D eigenvalue weighted by molar-refractivity contribution is -0.123. The van der Waals surface area contributed by atoms with Crippen LogP contribution in [0.4, 0.5) is 0 Å². The van der Waals surface area contributed by atoms with Crippen molar-refractivity contribution in [2.24, 2.45) is 0 Å². The minimum Gasteiger partial charge on any atom is -0.484 e. The first-order valence-corrected chi connectivity index (χ1v) is 7.87. The molecule has 0 radical (unpaired) electrons. The predicted octanol–water partition coefficient (Wildman–Crippen LogP) is 3.45. The van der Waals surface area contributed by atoms with Crippen LogP contribution in [0.25, 0.3) is 0 Å². The molecule has 0 heterocycles. The van der Waals surface area contributed by atoms with E-state index in [1.807, 2.05) is 13.8 Å². The van der Waals surface area contributed by atoms with Gasteiger partial charge in [-0.3, -0.25) is 20.4 Å². The first-order valence-electron chi connectivity index (χ1n) is 7.11. The maximum Gasteiger partial charge on any atom is 0.276 e. The van der Waals surface area contributed by atoms with Crippen LogP contribution in [0.15, 0.2) is 36.4 Å². The molecule has 0 fully saturated rings. The second kappa shape index (κ2) is 8.04. The van der Waals surface area contributed by atoms with E-state index in [0.29, 0.717) is 15.8 Å². The Bertz CT molecular complexity index is 755. The van der Waals surface area contributed by atoms with Gasteiger partial charge in [-0.25, -0.2) is 0 Å². The number of amides is 2. The summed E-state index contributed by atoms with van der Waals surface area (Å²) >= 11 is 12.0. The zero-order chi connectivity index (χ0) is 17.7. The van der Waals surface area contributed by atoms with Crippen molar-refractivity contribution in [2.45, 2.75) is 13.8 Å². The molecular formula is C17H16Cl2N2O3. The van der Waals surface area contributed by atoms with Crippen molar-refractivity contribution in [1.29, 1.82) is 0 Å². The molecule has 0 aliphatic rings. The van der Waals surface area contributed by atoms with Crippen LogP contribution < -0.4 is 15.6 Å². The molecule has 126 valence electrons. The van der Waals surface area contributed by atoms with Gasteiger partial charge in [-0.05, 0) is 49.2 Å². The fraction of sp³-hybridized carbons (Fsp3) is 0.176. The zero-order valence-electron chi connectivity index (χ0n) is 13.2. The fourth-order valence-electron chi connectivity index (χ4n) is 2.01. The summed E-state index contributed by atoms with van der Waals surface area (Å²) in [5, 5.41) is 0.964. The lowest BCUT2D eigenvalue weighted by Gasteiger charge is -2.11. The number of nitrogens with one attached hydrogen (secondary N) is 2. The maximum atomic E-state index is 11.9. The summed E-state index contributed by atoms with van der Waals surface area (Å²) in [5.74, 6) is -0.477. The SMILES string of the molecule is Cc1cc(OCC(=O)NNC(=O)c2ccccc2Cl)cc(C)c1Cl. The summed E-state index contributed by atoms with van der Waals surface area (Å²) in [6, 6.07) is 10.0. The molecule has 2 aromatic carbocycles. The molecule has 0 unspecified atom stereocenters. The van der Waals surface area contributed by atoms with Crippen molar-refractivity contribution in [3.05, 3.63) is 63.1 Å². The molecule has 0 aliphatic heterocycles. The second-order valence-corrected chi connectivity index (χ2v) is 5.93. The highest BCUT2D eigenvalue weighted by molar-refractivity contribution is 6.33. The van der Waals surface area contributed by atoms with Crippen molar-refractivity contribution in [2.75, 3.05) is 6.61 Å². The average Bonchev–Trinajstić information content (AvgIpc) is 2.56. The van der Waals surface area contributed by atoms with Gasteiger partial charge in [-0.15, -0.1) is 0 Å². The monoisotopic (exact) mass is 366 g/mol. The fourth-order valence-corrected chi connectivity index (χ4v) is 2.34. The Hall–Kier alpha value is -2.24. The summed E-state index contributed by atoms with van der Waals surface area (Å²) in [5.41, 5.74) is 6.54. The Morgan fingerprint density at radius 1 is 1.04 bits per heavy atom. The maximum absolute atomic E-state index is 11.9. The van der Waals surface area contributed by atoms with E-state index in [-0.39, 0.29) is 12.2 Å². The van der Waals surface area contributed by atoms with Gasteiger partial charge in [0.1, 0.15) is 5.75 Å². The van der Waals surface area contributed by atoms with Crippen molar-refractivity contribution >= 4 is 35.0 Å². The van der Waals surface area contributed by atoms with Gasteiger partial charge in [0, 0.05) is 5.02 Å². The number of rotatable bonds is 4. The molecule has 0 aromatic heterocycles. The molecule has 0 aliphatic carbocycles. The smallest absolute Gasteiger partial charge is 0.276 e.